The van der Waals surface area contributed by atoms with Crippen LogP contribution in [0.2, 0.25) is 0 Å². The molecule has 1 aromatic rings. The lowest BCUT2D eigenvalue weighted by molar-refractivity contribution is -0.155. The minimum atomic E-state index is -0.463. The molecule has 3 rings (SSSR count). The van der Waals surface area contributed by atoms with Crippen LogP contribution < -0.4 is 5.73 Å². The monoisotopic (exact) mass is 254 g/mol. The van der Waals surface area contributed by atoms with Gasteiger partial charge in [0.1, 0.15) is 5.01 Å². The van der Waals surface area contributed by atoms with Crippen molar-refractivity contribution in [3.05, 3.63) is 16.1 Å². The van der Waals surface area contributed by atoms with E-state index in [0.29, 0.717) is 0 Å². The zero-order chi connectivity index (χ0) is 12.3. The van der Waals surface area contributed by atoms with E-state index in [0.717, 1.165) is 17.8 Å². The van der Waals surface area contributed by atoms with Crippen molar-refractivity contribution >= 4 is 11.3 Å². The Labute approximate surface area is 105 Å². The molecule has 1 saturated carbocycles. The molecule has 0 amide bonds. The number of ether oxygens (including phenoxy) is 2. The highest BCUT2D eigenvalue weighted by Crippen LogP contribution is 2.46. The van der Waals surface area contributed by atoms with Gasteiger partial charge in [0.2, 0.25) is 0 Å². The molecule has 2 aliphatic rings. The lowest BCUT2D eigenvalue weighted by atomic mass is 10.00. The van der Waals surface area contributed by atoms with E-state index in [1.54, 1.807) is 11.3 Å². The topological polar surface area (TPSA) is 57.4 Å². The van der Waals surface area contributed by atoms with E-state index >= 15 is 0 Å². The summed E-state index contributed by atoms with van der Waals surface area (Å²) in [5.74, 6) is -0.463. The quantitative estimate of drug-likeness (QED) is 0.832. The molecule has 1 aliphatic heterocycles. The van der Waals surface area contributed by atoms with Gasteiger partial charge in [-0.2, -0.15) is 0 Å². The highest BCUT2D eigenvalue weighted by atomic mass is 32.1. The number of fused-ring (bicyclic) bond motifs is 1. The number of nitrogens with zero attached hydrogens (tertiary/aromatic N) is 1. The minimum absolute atomic E-state index is 0.110. The Kier molecular flexibility index (Phi) is 2.39. The lowest BCUT2D eigenvalue weighted by Gasteiger charge is -2.25. The summed E-state index contributed by atoms with van der Waals surface area (Å²) < 4.78 is 11.7. The molecule has 3 atom stereocenters. The smallest absolute Gasteiger partial charge is 0.163 e. The Morgan fingerprint density at radius 1 is 1.35 bits per heavy atom. The Bertz CT molecular complexity index is 427. The van der Waals surface area contributed by atoms with Gasteiger partial charge in [0.25, 0.3) is 0 Å². The van der Waals surface area contributed by atoms with Crippen molar-refractivity contribution < 1.29 is 9.47 Å². The van der Waals surface area contributed by atoms with E-state index in [4.69, 9.17) is 15.2 Å². The SMILES string of the molecule is Cc1cnc([C@]2(N)C[C@@H]3OC(C)(C)O[C@@H]3C2)s1. The number of aromatic nitrogens is 1. The molecular formula is C12H18N2O2S. The van der Waals surface area contributed by atoms with Crippen molar-refractivity contribution in [1.29, 1.82) is 0 Å². The molecule has 94 valence electrons. The van der Waals surface area contributed by atoms with Crippen LogP contribution in [-0.4, -0.2) is 23.0 Å². The average molecular weight is 254 g/mol. The van der Waals surface area contributed by atoms with Gasteiger partial charge in [-0.05, 0) is 20.8 Å². The fourth-order valence-electron chi connectivity index (χ4n) is 2.82. The lowest BCUT2D eigenvalue weighted by Crippen LogP contribution is -2.36. The highest BCUT2D eigenvalue weighted by molar-refractivity contribution is 7.11. The van der Waals surface area contributed by atoms with E-state index in [1.165, 1.54) is 4.88 Å². The largest absolute Gasteiger partial charge is 0.344 e. The van der Waals surface area contributed by atoms with Crippen LogP contribution in [0.5, 0.6) is 0 Å². The first-order valence-corrected chi connectivity index (χ1v) is 6.77. The first-order chi connectivity index (χ1) is 7.88. The number of hydrogen-bond donors (Lipinski definition) is 1. The first-order valence-electron chi connectivity index (χ1n) is 5.95. The molecule has 2 heterocycles. The molecule has 5 heteroatoms. The van der Waals surface area contributed by atoms with Crippen LogP contribution in [0, 0.1) is 6.92 Å². The molecule has 2 N–H and O–H groups in total. The molecule has 1 aliphatic carbocycles. The Morgan fingerprint density at radius 2 is 1.94 bits per heavy atom. The second-order valence-electron chi connectivity index (χ2n) is 5.55. The molecule has 0 aromatic carbocycles. The van der Waals surface area contributed by atoms with Gasteiger partial charge in [-0.25, -0.2) is 4.98 Å². The predicted molar refractivity (Wildman–Crippen MR) is 65.8 cm³/mol. The summed E-state index contributed by atoms with van der Waals surface area (Å²) in [6.07, 6.45) is 3.70. The van der Waals surface area contributed by atoms with Gasteiger partial charge in [-0.15, -0.1) is 11.3 Å². The van der Waals surface area contributed by atoms with Gasteiger partial charge in [0, 0.05) is 23.9 Å². The summed E-state index contributed by atoms with van der Waals surface area (Å²) in [5, 5.41) is 1.01. The summed E-state index contributed by atoms with van der Waals surface area (Å²) in [7, 11) is 0. The maximum atomic E-state index is 6.46. The number of rotatable bonds is 1. The van der Waals surface area contributed by atoms with E-state index in [-0.39, 0.29) is 17.7 Å². The van der Waals surface area contributed by atoms with Crippen LogP contribution >= 0.6 is 11.3 Å². The molecule has 1 saturated heterocycles. The fraction of sp³-hybridized carbons (Fsp3) is 0.750. The molecule has 2 fully saturated rings. The van der Waals surface area contributed by atoms with E-state index in [2.05, 4.69) is 11.9 Å². The second kappa shape index (κ2) is 3.51. The molecule has 17 heavy (non-hydrogen) atoms. The van der Waals surface area contributed by atoms with E-state index in [1.807, 2.05) is 20.0 Å². The fourth-order valence-corrected chi connectivity index (χ4v) is 3.70. The first kappa shape index (κ1) is 11.6. The van der Waals surface area contributed by atoms with Crippen molar-refractivity contribution in [1.82, 2.24) is 4.98 Å². The van der Waals surface area contributed by atoms with Crippen LogP contribution in [-0.2, 0) is 15.0 Å². The van der Waals surface area contributed by atoms with Crippen LogP contribution in [0.25, 0.3) is 0 Å². The number of thiazole rings is 1. The van der Waals surface area contributed by atoms with Crippen LogP contribution in [0.15, 0.2) is 6.20 Å². The molecule has 0 spiro atoms. The summed E-state index contributed by atoms with van der Waals surface area (Å²) in [5.41, 5.74) is 6.09. The average Bonchev–Trinajstić information content (AvgIpc) is 2.77. The summed E-state index contributed by atoms with van der Waals surface area (Å²) in [6.45, 7) is 5.96. The third-order valence-electron chi connectivity index (χ3n) is 3.46. The minimum Gasteiger partial charge on any atom is -0.344 e. The Morgan fingerprint density at radius 3 is 2.41 bits per heavy atom. The Balaban J connectivity index is 1.82. The molecule has 4 nitrogen and oxygen atoms in total. The van der Waals surface area contributed by atoms with Gasteiger partial charge in [0.05, 0.1) is 17.7 Å². The maximum absolute atomic E-state index is 6.46. The van der Waals surface area contributed by atoms with Crippen molar-refractivity contribution in [3.63, 3.8) is 0 Å². The predicted octanol–water partition coefficient (Wildman–Crippen LogP) is 1.92. The van der Waals surface area contributed by atoms with Gasteiger partial charge < -0.3 is 15.2 Å². The van der Waals surface area contributed by atoms with Crippen molar-refractivity contribution in [3.8, 4) is 0 Å². The van der Waals surface area contributed by atoms with E-state index in [9.17, 15) is 0 Å². The third-order valence-corrected chi connectivity index (χ3v) is 4.60. The van der Waals surface area contributed by atoms with Crippen molar-refractivity contribution in [2.75, 3.05) is 0 Å². The number of aryl methyl sites for hydroxylation is 1. The van der Waals surface area contributed by atoms with E-state index < -0.39 is 5.79 Å². The Hall–Kier alpha value is -0.490. The van der Waals surface area contributed by atoms with Gasteiger partial charge in [0.15, 0.2) is 5.79 Å². The molecule has 0 unspecified atom stereocenters. The van der Waals surface area contributed by atoms with Crippen LogP contribution in [0.1, 0.15) is 36.6 Å². The maximum Gasteiger partial charge on any atom is 0.163 e. The normalized spacial score (nSPS) is 39.5. The van der Waals surface area contributed by atoms with Gasteiger partial charge in [-0.1, -0.05) is 0 Å². The third kappa shape index (κ3) is 1.91. The molecule has 0 radical (unpaired) electrons. The summed E-state index contributed by atoms with van der Waals surface area (Å²) in [4.78, 5) is 5.61. The summed E-state index contributed by atoms with van der Waals surface area (Å²) in [6, 6.07) is 0. The standard InChI is InChI=1S/C12H18N2O2S/c1-7-6-14-10(17-7)12(13)4-8-9(5-12)16-11(2,3)15-8/h6,8-9H,4-5,13H2,1-3H3/t8-,9+,12-. The van der Waals surface area contributed by atoms with Crippen LogP contribution in [0.3, 0.4) is 0 Å². The second-order valence-corrected chi connectivity index (χ2v) is 6.79. The molecular weight excluding hydrogens is 236 g/mol. The molecule has 0 bridgehead atoms. The zero-order valence-electron chi connectivity index (χ0n) is 10.4. The summed E-state index contributed by atoms with van der Waals surface area (Å²) >= 11 is 1.68. The zero-order valence-corrected chi connectivity index (χ0v) is 11.2. The van der Waals surface area contributed by atoms with Crippen molar-refractivity contribution in [2.45, 2.75) is 57.1 Å². The van der Waals surface area contributed by atoms with Gasteiger partial charge >= 0.3 is 0 Å². The number of nitrogens with two attached hydrogens (primary N) is 1. The molecule has 1 aromatic heterocycles. The number of hydrogen-bond acceptors (Lipinski definition) is 5. The van der Waals surface area contributed by atoms with Crippen LogP contribution in [0.4, 0.5) is 0 Å². The van der Waals surface area contributed by atoms with Crippen molar-refractivity contribution in [2.24, 2.45) is 5.73 Å². The highest BCUT2D eigenvalue weighted by Gasteiger charge is 2.53. The van der Waals surface area contributed by atoms with Gasteiger partial charge in [-0.3, -0.25) is 0 Å².